The maximum absolute atomic E-state index is 12.2. The summed E-state index contributed by atoms with van der Waals surface area (Å²) in [6, 6.07) is 9.50. The zero-order valence-corrected chi connectivity index (χ0v) is 19.3. The Bertz CT molecular complexity index is 808. The van der Waals surface area contributed by atoms with E-state index in [-0.39, 0.29) is 23.9 Å². The number of carbonyl (C=O) groups is 3. The van der Waals surface area contributed by atoms with Crippen molar-refractivity contribution in [2.45, 2.75) is 56.9 Å². The molecular weight excluding hydrogens is 453 g/mol. The lowest BCUT2D eigenvalue weighted by atomic mass is 10.0. The van der Waals surface area contributed by atoms with Gasteiger partial charge in [0.1, 0.15) is 0 Å². The van der Waals surface area contributed by atoms with Crippen LogP contribution >= 0.6 is 0 Å². The van der Waals surface area contributed by atoms with Gasteiger partial charge in [0.05, 0.1) is 6.04 Å². The molecule has 1 fully saturated rings. The third kappa shape index (κ3) is 12.4. The molecule has 5 N–H and O–H groups in total. The van der Waals surface area contributed by atoms with E-state index in [0.29, 0.717) is 6.42 Å². The van der Waals surface area contributed by atoms with Crippen molar-refractivity contribution in [1.82, 2.24) is 15.5 Å². The molecule has 11 heteroatoms. The third-order valence-electron chi connectivity index (χ3n) is 5.12. The highest BCUT2D eigenvalue weighted by atomic mass is 19.4. The lowest BCUT2D eigenvalue weighted by Crippen LogP contribution is -2.44. The molecular formula is C23H33F3N4O4. The van der Waals surface area contributed by atoms with E-state index in [9.17, 15) is 22.8 Å². The summed E-state index contributed by atoms with van der Waals surface area (Å²) in [4.78, 5) is 35.4. The highest BCUT2D eigenvalue weighted by Gasteiger charge is 2.38. The summed E-state index contributed by atoms with van der Waals surface area (Å²) in [6.45, 7) is 3.65. The number of rotatable bonds is 8. The van der Waals surface area contributed by atoms with Gasteiger partial charge in [-0.1, -0.05) is 36.4 Å². The molecule has 0 saturated carbocycles. The van der Waals surface area contributed by atoms with Crippen molar-refractivity contribution in [2.75, 3.05) is 20.1 Å². The fourth-order valence-corrected chi connectivity index (χ4v) is 3.10. The Hall–Kier alpha value is -2.92. The minimum absolute atomic E-state index is 0.107. The Morgan fingerprint density at radius 2 is 1.76 bits per heavy atom. The molecule has 34 heavy (non-hydrogen) atoms. The van der Waals surface area contributed by atoms with Crippen LogP contribution in [0.4, 0.5) is 13.2 Å². The standard InChI is InChI=1S/C21H32N4O2.C2HF3O2/c1-16(22)21(27)24-18(9-8-17-6-4-3-5-7-17)10-11-20(26)23-19-12-14-25(2)15-13-19;3-2(4,5)1(6)7/h3-7,10-11,16,18-19H,8-9,12-15,22H2,1-2H3,(H,23,26)(H,24,27);(H,6,7)/t16-,18-;/m0./s1. The molecule has 0 aliphatic carbocycles. The van der Waals surface area contributed by atoms with Crippen LogP contribution in [0.15, 0.2) is 42.5 Å². The Kier molecular flexibility index (Phi) is 12.3. The number of hydrogen-bond acceptors (Lipinski definition) is 5. The summed E-state index contributed by atoms with van der Waals surface area (Å²) in [5.74, 6) is -3.08. The van der Waals surface area contributed by atoms with Crippen LogP contribution in [0, 0.1) is 0 Å². The van der Waals surface area contributed by atoms with Crippen molar-refractivity contribution in [2.24, 2.45) is 5.73 Å². The zero-order chi connectivity index (χ0) is 25.7. The van der Waals surface area contributed by atoms with Crippen molar-refractivity contribution in [1.29, 1.82) is 0 Å². The normalized spacial score (nSPS) is 16.8. The molecule has 2 atom stereocenters. The van der Waals surface area contributed by atoms with Gasteiger partial charge in [-0.05, 0) is 58.3 Å². The number of carbonyl (C=O) groups excluding carboxylic acids is 2. The first-order valence-electron chi connectivity index (χ1n) is 11.0. The monoisotopic (exact) mass is 486 g/mol. The van der Waals surface area contributed by atoms with E-state index in [1.165, 1.54) is 11.6 Å². The molecule has 0 aromatic heterocycles. The van der Waals surface area contributed by atoms with Gasteiger partial charge in [0.2, 0.25) is 11.8 Å². The number of carboxylic acids is 1. The Labute approximate surface area is 197 Å². The molecule has 1 aromatic rings. The lowest BCUT2D eigenvalue weighted by molar-refractivity contribution is -0.192. The Morgan fingerprint density at radius 1 is 1.21 bits per heavy atom. The summed E-state index contributed by atoms with van der Waals surface area (Å²) in [5.41, 5.74) is 6.86. The number of likely N-dealkylation sites (tertiary alicyclic amines) is 1. The van der Waals surface area contributed by atoms with Crippen molar-refractivity contribution >= 4 is 17.8 Å². The first kappa shape index (κ1) is 29.1. The molecule has 8 nitrogen and oxygen atoms in total. The quantitative estimate of drug-likeness (QED) is 0.416. The van der Waals surface area contributed by atoms with Gasteiger partial charge in [-0.15, -0.1) is 0 Å². The number of aliphatic carboxylic acids is 1. The van der Waals surface area contributed by atoms with E-state index in [1.54, 1.807) is 13.0 Å². The van der Waals surface area contributed by atoms with Crippen LogP contribution in [0.2, 0.25) is 0 Å². The van der Waals surface area contributed by atoms with Gasteiger partial charge < -0.3 is 26.4 Å². The molecule has 190 valence electrons. The summed E-state index contributed by atoms with van der Waals surface area (Å²) in [5, 5.41) is 13.1. The predicted octanol–water partition coefficient (Wildman–Crippen LogP) is 1.85. The fraction of sp³-hybridized carbons (Fsp3) is 0.522. The van der Waals surface area contributed by atoms with Gasteiger partial charge in [0.15, 0.2) is 0 Å². The zero-order valence-electron chi connectivity index (χ0n) is 19.3. The van der Waals surface area contributed by atoms with Crippen LogP contribution in [-0.2, 0) is 20.8 Å². The number of alkyl halides is 3. The molecule has 1 aliphatic rings. The molecule has 1 aromatic carbocycles. The van der Waals surface area contributed by atoms with Crippen LogP contribution < -0.4 is 16.4 Å². The minimum atomic E-state index is -5.08. The van der Waals surface area contributed by atoms with E-state index in [0.717, 1.165) is 32.4 Å². The number of hydrogen-bond donors (Lipinski definition) is 4. The molecule has 2 rings (SSSR count). The van der Waals surface area contributed by atoms with E-state index in [1.807, 2.05) is 18.2 Å². The number of aryl methyl sites for hydroxylation is 1. The van der Waals surface area contributed by atoms with Crippen molar-refractivity contribution in [3.63, 3.8) is 0 Å². The number of nitrogens with one attached hydrogen (secondary N) is 2. The second-order valence-electron chi connectivity index (χ2n) is 8.18. The smallest absolute Gasteiger partial charge is 0.475 e. The largest absolute Gasteiger partial charge is 0.490 e. The first-order chi connectivity index (χ1) is 15.9. The molecule has 0 radical (unpaired) electrons. The van der Waals surface area contributed by atoms with E-state index in [2.05, 4.69) is 34.7 Å². The van der Waals surface area contributed by atoms with Crippen LogP contribution in [0.5, 0.6) is 0 Å². The van der Waals surface area contributed by atoms with Crippen LogP contribution in [0.3, 0.4) is 0 Å². The topological polar surface area (TPSA) is 125 Å². The van der Waals surface area contributed by atoms with Crippen molar-refractivity contribution in [3.05, 3.63) is 48.0 Å². The van der Waals surface area contributed by atoms with Crippen LogP contribution in [0.1, 0.15) is 31.7 Å². The fourth-order valence-electron chi connectivity index (χ4n) is 3.10. The second-order valence-corrected chi connectivity index (χ2v) is 8.18. The maximum atomic E-state index is 12.2. The highest BCUT2D eigenvalue weighted by Crippen LogP contribution is 2.13. The average Bonchev–Trinajstić information content (AvgIpc) is 2.77. The Balaban J connectivity index is 0.000000718. The summed E-state index contributed by atoms with van der Waals surface area (Å²) in [6.07, 6.45) is 1.68. The summed E-state index contributed by atoms with van der Waals surface area (Å²) < 4.78 is 31.7. The number of nitrogens with two attached hydrogens (primary N) is 1. The first-order valence-corrected chi connectivity index (χ1v) is 11.0. The SMILES string of the molecule is C[C@H](N)C(=O)N[C@H](C=CC(=O)NC1CCN(C)CC1)CCc1ccccc1.O=C(O)C(F)(F)F. The van der Waals surface area contributed by atoms with E-state index < -0.39 is 18.2 Å². The van der Waals surface area contributed by atoms with E-state index >= 15 is 0 Å². The molecule has 0 bridgehead atoms. The summed E-state index contributed by atoms with van der Waals surface area (Å²) in [7, 11) is 2.09. The maximum Gasteiger partial charge on any atom is 0.490 e. The lowest BCUT2D eigenvalue weighted by Gasteiger charge is -2.29. The number of amides is 2. The molecule has 0 spiro atoms. The molecule has 1 saturated heterocycles. The highest BCUT2D eigenvalue weighted by molar-refractivity contribution is 5.88. The van der Waals surface area contributed by atoms with E-state index in [4.69, 9.17) is 15.6 Å². The van der Waals surface area contributed by atoms with Gasteiger partial charge in [-0.3, -0.25) is 9.59 Å². The molecule has 0 unspecified atom stereocenters. The number of piperidine rings is 1. The predicted molar refractivity (Wildman–Crippen MR) is 122 cm³/mol. The molecule has 1 heterocycles. The molecule has 1 aliphatic heterocycles. The van der Waals surface area contributed by atoms with Crippen LogP contribution in [0.25, 0.3) is 0 Å². The molecule has 2 amide bonds. The summed E-state index contributed by atoms with van der Waals surface area (Å²) >= 11 is 0. The number of nitrogens with zero attached hydrogens (tertiary/aromatic N) is 1. The number of halogens is 3. The van der Waals surface area contributed by atoms with Gasteiger partial charge in [0, 0.05) is 18.2 Å². The van der Waals surface area contributed by atoms with Gasteiger partial charge in [0.25, 0.3) is 0 Å². The third-order valence-corrected chi connectivity index (χ3v) is 5.12. The van der Waals surface area contributed by atoms with Gasteiger partial charge in [-0.2, -0.15) is 13.2 Å². The number of benzene rings is 1. The number of carboxylic acid groups (broad SMARTS) is 1. The van der Waals surface area contributed by atoms with Gasteiger partial charge >= 0.3 is 12.1 Å². The van der Waals surface area contributed by atoms with Crippen LogP contribution in [-0.4, -0.2) is 72.2 Å². The van der Waals surface area contributed by atoms with Crippen molar-refractivity contribution < 1.29 is 32.7 Å². The van der Waals surface area contributed by atoms with Crippen molar-refractivity contribution in [3.8, 4) is 0 Å². The average molecular weight is 487 g/mol. The second kappa shape index (κ2) is 14.4. The Morgan fingerprint density at radius 3 is 2.26 bits per heavy atom. The van der Waals surface area contributed by atoms with Gasteiger partial charge in [-0.25, -0.2) is 4.79 Å². The minimum Gasteiger partial charge on any atom is -0.475 e.